The van der Waals surface area contributed by atoms with Gasteiger partial charge in [-0.05, 0) is 36.4 Å². The van der Waals surface area contributed by atoms with E-state index in [0.29, 0.717) is 23.8 Å². The summed E-state index contributed by atoms with van der Waals surface area (Å²) < 4.78 is 7.15. The molecule has 0 bridgehead atoms. The van der Waals surface area contributed by atoms with E-state index in [1.54, 1.807) is 23.4 Å². The molecule has 0 spiro atoms. The molecule has 1 aromatic heterocycles. The zero-order valence-electron chi connectivity index (χ0n) is 15.6. The number of fused-ring (bicyclic) bond motifs is 1. The van der Waals surface area contributed by atoms with Crippen molar-refractivity contribution in [3.63, 3.8) is 0 Å². The highest BCUT2D eigenvalue weighted by atomic mass is 32.2. The number of nitrogens with zero attached hydrogens (tertiary/aromatic N) is 3. The number of rotatable bonds is 5. The highest BCUT2D eigenvalue weighted by Crippen LogP contribution is 2.39. The summed E-state index contributed by atoms with van der Waals surface area (Å²) in [5.41, 5.74) is 3.05. The quantitative estimate of drug-likeness (QED) is 0.523. The normalized spacial score (nSPS) is 15.7. The summed E-state index contributed by atoms with van der Waals surface area (Å²) in [6, 6.07) is 17.4. The molecule has 0 amide bonds. The summed E-state index contributed by atoms with van der Waals surface area (Å²) in [5, 5.41) is 7.64. The van der Waals surface area contributed by atoms with Crippen molar-refractivity contribution < 1.29 is 9.53 Å². The molecule has 0 saturated carbocycles. The SMILES string of the molecule is CCOC(=O)C1=C(c2ccccc2)Nc2ncnn2[C@H]1c1ccc(SC)cc1. The minimum atomic E-state index is -0.427. The molecule has 0 radical (unpaired) electrons. The van der Waals surface area contributed by atoms with E-state index in [4.69, 9.17) is 4.74 Å². The lowest BCUT2D eigenvalue weighted by atomic mass is 9.93. The maximum atomic E-state index is 13.0. The van der Waals surface area contributed by atoms with Crippen LogP contribution < -0.4 is 5.32 Å². The van der Waals surface area contributed by atoms with Crippen LogP contribution in [0.2, 0.25) is 0 Å². The van der Waals surface area contributed by atoms with Gasteiger partial charge < -0.3 is 10.1 Å². The van der Waals surface area contributed by atoms with Gasteiger partial charge in [0.2, 0.25) is 5.95 Å². The lowest BCUT2D eigenvalue weighted by molar-refractivity contribution is -0.138. The monoisotopic (exact) mass is 392 g/mol. The van der Waals surface area contributed by atoms with Crippen LogP contribution in [-0.4, -0.2) is 33.6 Å². The third kappa shape index (κ3) is 3.29. The summed E-state index contributed by atoms with van der Waals surface area (Å²) in [6.45, 7) is 2.10. The van der Waals surface area contributed by atoms with Crippen molar-refractivity contribution >= 4 is 29.4 Å². The molecule has 6 nitrogen and oxygen atoms in total. The second kappa shape index (κ2) is 7.90. The average Bonchev–Trinajstić information content (AvgIpc) is 3.21. The smallest absolute Gasteiger partial charge is 0.338 e. The van der Waals surface area contributed by atoms with Gasteiger partial charge in [-0.2, -0.15) is 10.1 Å². The molecule has 1 N–H and O–H groups in total. The third-order valence-corrected chi connectivity index (χ3v) is 5.33. The summed E-state index contributed by atoms with van der Waals surface area (Å²) in [7, 11) is 0. The van der Waals surface area contributed by atoms with Gasteiger partial charge in [0, 0.05) is 4.90 Å². The van der Waals surface area contributed by atoms with E-state index < -0.39 is 6.04 Å². The Morgan fingerprint density at radius 3 is 2.61 bits per heavy atom. The van der Waals surface area contributed by atoms with Crippen LogP contribution in [0.15, 0.2) is 71.4 Å². The van der Waals surface area contributed by atoms with Gasteiger partial charge in [0.25, 0.3) is 0 Å². The van der Waals surface area contributed by atoms with Crippen LogP contribution in [0.25, 0.3) is 5.70 Å². The Balaban J connectivity index is 1.93. The number of carbonyl (C=O) groups excluding carboxylic acids is 1. The molecule has 4 rings (SSSR count). The fourth-order valence-corrected chi connectivity index (χ4v) is 3.72. The molecule has 7 heteroatoms. The number of thioether (sulfide) groups is 1. The van der Waals surface area contributed by atoms with Crippen molar-refractivity contribution in [2.45, 2.75) is 17.9 Å². The molecular weight excluding hydrogens is 372 g/mol. The highest BCUT2D eigenvalue weighted by molar-refractivity contribution is 7.98. The van der Waals surface area contributed by atoms with Gasteiger partial charge >= 0.3 is 5.97 Å². The second-order valence-corrected chi connectivity index (χ2v) is 7.08. The number of aromatic nitrogens is 3. The Bertz CT molecular complexity index is 1010. The first-order chi connectivity index (χ1) is 13.7. The molecule has 1 aliphatic rings. The highest BCUT2D eigenvalue weighted by Gasteiger charge is 2.36. The average molecular weight is 392 g/mol. The largest absolute Gasteiger partial charge is 0.463 e. The summed E-state index contributed by atoms with van der Waals surface area (Å²) >= 11 is 1.67. The topological polar surface area (TPSA) is 69.0 Å². The Kier molecular flexibility index (Phi) is 5.16. The Hall–Kier alpha value is -3.06. The van der Waals surface area contributed by atoms with Crippen molar-refractivity contribution in [1.29, 1.82) is 0 Å². The molecule has 2 aromatic carbocycles. The van der Waals surface area contributed by atoms with E-state index >= 15 is 0 Å². The second-order valence-electron chi connectivity index (χ2n) is 6.20. The van der Waals surface area contributed by atoms with Crippen LogP contribution in [-0.2, 0) is 9.53 Å². The molecule has 0 saturated heterocycles. The number of nitrogens with one attached hydrogen (secondary N) is 1. The predicted molar refractivity (Wildman–Crippen MR) is 110 cm³/mol. The molecule has 28 heavy (non-hydrogen) atoms. The molecule has 1 atom stereocenters. The maximum Gasteiger partial charge on any atom is 0.338 e. The molecule has 0 fully saturated rings. The van der Waals surface area contributed by atoms with E-state index in [-0.39, 0.29) is 5.97 Å². The minimum Gasteiger partial charge on any atom is -0.463 e. The zero-order valence-corrected chi connectivity index (χ0v) is 16.4. The number of hydrogen-bond donors (Lipinski definition) is 1. The molecular formula is C21H20N4O2S. The Morgan fingerprint density at radius 2 is 1.93 bits per heavy atom. The van der Waals surface area contributed by atoms with Gasteiger partial charge in [0.15, 0.2) is 0 Å². The summed E-state index contributed by atoms with van der Waals surface area (Å²) in [4.78, 5) is 18.5. The van der Waals surface area contributed by atoms with Gasteiger partial charge in [-0.25, -0.2) is 9.48 Å². The van der Waals surface area contributed by atoms with Crippen LogP contribution in [0.5, 0.6) is 0 Å². The fourth-order valence-electron chi connectivity index (χ4n) is 3.32. The van der Waals surface area contributed by atoms with Crippen molar-refractivity contribution in [2.75, 3.05) is 18.2 Å². The van der Waals surface area contributed by atoms with Crippen LogP contribution in [0.1, 0.15) is 24.1 Å². The maximum absolute atomic E-state index is 13.0. The first-order valence-corrected chi connectivity index (χ1v) is 10.2. The lowest BCUT2D eigenvalue weighted by Crippen LogP contribution is -2.30. The third-order valence-electron chi connectivity index (χ3n) is 4.59. The van der Waals surface area contributed by atoms with Crippen molar-refractivity contribution in [1.82, 2.24) is 14.8 Å². The van der Waals surface area contributed by atoms with Gasteiger partial charge in [-0.15, -0.1) is 11.8 Å². The number of ether oxygens (including phenoxy) is 1. The van der Waals surface area contributed by atoms with Crippen LogP contribution in [0, 0.1) is 0 Å². The molecule has 2 heterocycles. The first kappa shape index (κ1) is 18.3. The van der Waals surface area contributed by atoms with Gasteiger partial charge in [0.05, 0.1) is 17.9 Å². The standard InChI is InChI=1S/C21H20N4O2S/c1-3-27-20(26)17-18(14-7-5-4-6-8-14)24-21-22-13-23-25(21)19(17)15-9-11-16(28-2)12-10-15/h4-13,19H,3H2,1-2H3,(H,22,23,24)/t19-/m0/s1. The molecule has 0 unspecified atom stereocenters. The Morgan fingerprint density at radius 1 is 1.18 bits per heavy atom. The first-order valence-electron chi connectivity index (χ1n) is 9.00. The number of carbonyl (C=O) groups is 1. The minimum absolute atomic E-state index is 0.298. The zero-order chi connectivity index (χ0) is 19.5. The summed E-state index contributed by atoms with van der Waals surface area (Å²) in [5.74, 6) is 0.222. The summed E-state index contributed by atoms with van der Waals surface area (Å²) in [6.07, 6.45) is 3.52. The Labute approximate surface area is 167 Å². The number of benzene rings is 2. The fraction of sp³-hybridized carbons (Fsp3) is 0.190. The van der Waals surface area contributed by atoms with E-state index in [0.717, 1.165) is 16.0 Å². The molecule has 142 valence electrons. The van der Waals surface area contributed by atoms with Crippen molar-refractivity contribution in [2.24, 2.45) is 0 Å². The van der Waals surface area contributed by atoms with E-state index in [1.165, 1.54) is 6.33 Å². The number of esters is 1. The number of anilines is 1. The van der Waals surface area contributed by atoms with E-state index in [1.807, 2.05) is 60.9 Å². The molecule has 1 aliphatic heterocycles. The van der Waals surface area contributed by atoms with Crippen LogP contribution in [0.4, 0.5) is 5.95 Å². The van der Waals surface area contributed by atoms with Gasteiger partial charge in [0.1, 0.15) is 12.4 Å². The predicted octanol–water partition coefficient (Wildman–Crippen LogP) is 3.99. The van der Waals surface area contributed by atoms with Crippen LogP contribution in [0.3, 0.4) is 0 Å². The molecule has 3 aromatic rings. The number of hydrogen-bond acceptors (Lipinski definition) is 6. The van der Waals surface area contributed by atoms with E-state index in [9.17, 15) is 4.79 Å². The van der Waals surface area contributed by atoms with Gasteiger partial charge in [-0.3, -0.25) is 0 Å². The van der Waals surface area contributed by atoms with Crippen molar-refractivity contribution in [3.8, 4) is 0 Å². The lowest BCUT2D eigenvalue weighted by Gasteiger charge is -2.29. The molecule has 0 aliphatic carbocycles. The van der Waals surface area contributed by atoms with Crippen LogP contribution >= 0.6 is 11.8 Å². The van der Waals surface area contributed by atoms with Crippen molar-refractivity contribution in [3.05, 3.63) is 77.6 Å². The van der Waals surface area contributed by atoms with E-state index in [2.05, 4.69) is 15.4 Å². The van der Waals surface area contributed by atoms with Gasteiger partial charge in [-0.1, -0.05) is 42.5 Å².